The number of amides is 1. The van der Waals surface area contributed by atoms with E-state index in [-0.39, 0.29) is 0 Å². The maximum atomic E-state index is 10.8. The van der Waals surface area contributed by atoms with Crippen molar-refractivity contribution in [3.8, 4) is 0 Å². The SMILES string of the molecule is O=C(C=NO)NCc1cccc[nH+]1. The number of nitrogens with one attached hydrogen (secondary N) is 2. The second kappa shape index (κ2) is 4.87. The van der Waals surface area contributed by atoms with E-state index in [4.69, 9.17) is 5.21 Å². The van der Waals surface area contributed by atoms with Gasteiger partial charge in [0.2, 0.25) is 0 Å². The Labute approximate surface area is 75.1 Å². The third kappa shape index (κ3) is 3.33. The summed E-state index contributed by atoms with van der Waals surface area (Å²) >= 11 is 0. The highest BCUT2D eigenvalue weighted by Gasteiger charge is 2.00. The summed E-state index contributed by atoms with van der Waals surface area (Å²) in [6, 6.07) is 5.55. The van der Waals surface area contributed by atoms with Crippen molar-refractivity contribution < 1.29 is 15.0 Å². The summed E-state index contributed by atoms with van der Waals surface area (Å²) in [5.41, 5.74) is 0.877. The number of pyridine rings is 1. The quantitative estimate of drug-likeness (QED) is 0.376. The van der Waals surface area contributed by atoms with Crippen molar-refractivity contribution in [1.82, 2.24) is 5.32 Å². The molecule has 1 aromatic heterocycles. The molecule has 1 aromatic rings. The Morgan fingerprint density at radius 2 is 2.54 bits per heavy atom. The van der Waals surface area contributed by atoms with E-state index < -0.39 is 5.91 Å². The minimum atomic E-state index is -0.431. The molecule has 13 heavy (non-hydrogen) atoms. The Kier molecular flexibility index (Phi) is 3.44. The van der Waals surface area contributed by atoms with Crippen LogP contribution in [-0.2, 0) is 11.3 Å². The molecule has 0 spiro atoms. The molecular formula is C8H10N3O2+. The molecule has 1 heterocycles. The van der Waals surface area contributed by atoms with Gasteiger partial charge in [0.05, 0.1) is 0 Å². The molecule has 0 saturated carbocycles. The van der Waals surface area contributed by atoms with E-state index in [1.807, 2.05) is 18.2 Å². The highest BCUT2D eigenvalue weighted by molar-refractivity contribution is 6.25. The maximum Gasteiger partial charge on any atom is 0.266 e. The average molecular weight is 180 g/mol. The summed E-state index contributed by atoms with van der Waals surface area (Å²) in [7, 11) is 0. The summed E-state index contributed by atoms with van der Waals surface area (Å²) in [4.78, 5) is 13.7. The summed E-state index contributed by atoms with van der Waals surface area (Å²) in [6.45, 7) is 0.381. The molecule has 0 atom stereocenters. The Bertz CT molecular complexity index is 298. The molecular weight excluding hydrogens is 170 g/mol. The number of aromatic amines is 1. The van der Waals surface area contributed by atoms with Crippen LogP contribution >= 0.6 is 0 Å². The second-order valence-corrected chi connectivity index (χ2v) is 2.35. The Balaban J connectivity index is 2.40. The number of rotatable bonds is 3. The van der Waals surface area contributed by atoms with E-state index >= 15 is 0 Å². The highest BCUT2D eigenvalue weighted by atomic mass is 16.4. The fraction of sp³-hybridized carbons (Fsp3) is 0.125. The van der Waals surface area contributed by atoms with Crippen molar-refractivity contribution in [2.75, 3.05) is 0 Å². The van der Waals surface area contributed by atoms with Crippen LogP contribution in [0.5, 0.6) is 0 Å². The van der Waals surface area contributed by atoms with Crippen LogP contribution in [0.3, 0.4) is 0 Å². The van der Waals surface area contributed by atoms with Crippen LogP contribution < -0.4 is 10.3 Å². The predicted octanol–water partition coefficient (Wildman–Crippen LogP) is -0.423. The van der Waals surface area contributed by atoms with E-state index in [9.17, 15) is 4.79 Å². The normalized spacial score (nSPS) is 10.2. The molecule has 0 saturated heterocycles. The van der Waals surface area contributed by atoms with E-state index in [1.165, 1.54) is 0 Å². The monoisotopic (exact) mass is 180 g/mol. The number of aromatic nitrogens is 1. The maximum absolute atomic E-state index is 10.8. The van der Waals surface area contributed by atoms with E-state index in [0.29, 0.717) is 6.54 Å². The second-order valence-electron chi connectivity index (χ2n) is 2.35. The van der Waals surface area contributed by atoms with E-state index in [1.54, 1.807) is 6.20 Å². The van der Waals surface area contributed by atoms with Crippen molar-refractivity contribution in [2.24, 2.45) is 5.16 Å². The van der Waals surface area contributed by atoms with Gasteiger partial charge in [0.1, 0.15) is 12.8 Å². The molecule has 0 aromatic carbocycles. The van der Waals surface area contributed by atoms with Crippen LogP contribution in [0.4, 0.5) is 0 Å². The summed E-state index contributed by atoms with van der Waals surface area (Å²) in [6.07, 6.45) is 2.57. The average Bonchev–Trinajstić information content (AvgIpc) is 2.17. The number of oxime groups is 1. The van der Waals surface area contributed by atoms with Gasteiger partial charge < -0.3 is 10.5 Å². The lowest BCUT2D eigenvalue weighted by atomic mass is 10.3. The summed E-state index contributed by atoms with van der Waals surface area (Å²) < 4.78 is 0. The van der Waals surface area contributed by atoms with Gasteiger partial charge in [0.15, 0.2) is 11.9 Å². The van der Waals surface area contributed by atoms with Crippen LogP contribution in [-0.4, -0.2) is 17.3 Å². The molecule has 0 aliphatic carbocycles. The topological polar surface area (TPSA) is 75.8 Å². The molecule has 68 valence electrons. The molecule has 1 rings (SSSR count). The minimum absolute atomic E-state index is 0.381. The lowest BCUT2D eigenvalue weighted by Crippen LogP contribution is -2.27. The molecule has 0 unspecified atom stereocenters. The third-order valence-electron chi connectivity index (χ3n) is 1.40. The van der Waals surface area contributed by atoms with Gasteiger partial charge in [0.25, 0.3) is 5.91 Å². The van der Waals surface area contributed by atoms with Gasteiger partial charge in [-0.25, -0.2) is 4.98 Å². The first-order valence-electron chi connectivity index (χ1n) is 3.74. The van der Waals surface area contributed by atoms with Gasteiger partial charge in [-0.1, -0.05) is 11.2 Å². The van der Waals surface area contributed by atoms with Gasteiger partial charge in [0, 0.05) is 12.1 Å². The Morgan fingerprint density at radius 1 is 1.69 bits per heavy atom. The summed E-state index contributed by atoms with van der Waals surface area (Å²) in [5, 5.41) is 13.2. The predicted molar refractivity (Wildman–Crippen MR) is 45.1 cm³/mol. The first-order chi connectivity index (χ1) is 6.33. The molecule has 1 amide bonds. The number of hydrogen-bond acceptors (Lipinski definition) is 3. The molecule has 5 heteroatoms. The third-order valence-corrected chi connectivity index (χ3v) is 1.40. The van der Waals surface area contributed by atoms with Crippen molar-refractivity contribution >= 4 is 12.1 Å². The first kappa shape index (κ1) is 9.18. The van der Waals surface area contributed by atoms with Gasteiger partial charge in [-0.05, 0) is 0 Å². The molecule has 0 aliphatic rings. The van der Waals surface area contributed by atoms with Gasteiger partial charge in [-0.2, -0.15) is 0 Å². The van der Waals surface area contributed by atoms with E-state index in [2.05, 4.69) is 15.5 Å². The van der Waals surface area contributed by atoms with Gasteiger partial charge in [-0.15, -0.1) is 0 Å². The number of carbonyl (C=O) groups excluding carboxylic acids is 1. The van der Waals surface area contributed by atoms with Crippen LogP contribution in [0.15, 0.2) is 29.6 Å². The van der Waals surface area contributed by atoms with Crippen LogP contribution in [0.2, 0.25) is 0 Å². The number of nitrogens with zero attached hydrogens (tertiary/aromatic N) is 1. The molecule has 3 N–H and O–H groups in total. The number of hydrogen-bond donors (Lipinski definition) is 2. The standard InChI is InChI=1S/C8H9N3O2/c12-8(6-11-13)10-5-7-3-1-2-4-9-7/h1-4,6,13H,5H2,(H,10,12)/p+1. The Hall–Kier alpha value is -1.91. The van der Waals surface area contributed by atoms with Crippen LogP contribution in [0.25, 0.3) is 0 Å². The van der Waals surface area contributed by atoms with Crippen molar-refractivity contribution in [3.63, 3.8) is 0 Å². The van der Waals surface area contributed by atoms with Crippen LogP contribution in [0, 0.1) is 0 Å². The summed E-state index contributed by atoms with van der Waals surface area (Å²) in [5.74, 6) is -0.431. The number of carbonyl (C=O) groups is 1. The Morgan fingerprint density at radius 3 is 3.15 bits per heavy atom. The van der Waals surface area contributed by atoms with Crippen molar-refractivity contribution in [1.29, 1.82) is 0 Å². The van der Waals surface area contributed by atoms with Crippen LogP contribution in [0.1, 0.15) is 5.69 Å². The van der Waals surface area contributed by atoms with Gasteiger partial charge >= 0.3 is 0 Å². The zero-order valence-electron chi connectivity index (χ0n) is 6.90. The smallest absolute Gasteiger partial charge is 0.266 e. The molecule has 0 radical (unpaired) electrons. The minimum Gasteiger partial charge on any atom is -0.411 e. The highest BCUT2D eigenvalue weighted by Crippen LogP contribution is 1.86. The first-order valence-corrected chi connectivity index (χ1v) is 3.74. The zero-order chi connectivity index (χ0) is 9.52. The zero-order valence-corrected chi connectivity index (χ0v) is 6.90. The van der Waals surface area contributed by atoms with Crippen molar-refractivity contribution in [3.05, 3.63) is 30.1 Å². The molecule has 0 aliphatic heterocycles. The molecule has 5 nitrogen and oxygen atoms in total. The number of H-pyrrole nitrogens is 1. The molecule has 0 bridgehead atoms. The van der Waals surface area contributed by atoms with Gasteiger partial charge in [-0.3, -0.25) is 4.79 Å². The fourth-order valence-electron chi connectivity index (χ4n) is 0.821. The largest absolute Gasteiger partial charge is 0.411 e. The molecule has 0 fully saturated rings. The lowest BCUT2D eigenvalue weighted by Gasteiger charge is -1.95. The van der Waals surface area contributed by atoms with Crippen molar-refractivity contribution in [2.45, 2.75) is 6.54 Å². The fourth-order valence-corrected chi connectivity index (χ4v) is 0.821. The lowest BCUT2D eigenvalue weighted by molar-refractivity contribution is -0.390. The van der Waals surface area contributed by atoms with E-state index in [0.717, 1.165) is 11.9 Å².